The van der Waals surface area contributed by atoms with Gasteiger partial charge in [-0.25, -0.2) is 9.97 Å². The number of nitrogens with zero attached hydrogens (tertiary/aromatic N) is 3. The fourth-order valence-electron chi connectivity index (χ4n) is 2.83. The number of methoxy groups -OCH3 is 1. The number of aromatic nitrogens is 2. The van der Waals surface area contributed by atoms with Gasteiger partial charge in [0.05, 0.1) is 19.1 Å². The van der Waals surface area contributed by atoms with Gasteiger partial charge in [0.1, 0.15) is 17.4 Å². The smallest absolute Gasteiger partial charge is 0.231 e. The standard InChI is InChI=1S/C18H22N4O2/c1-22(2)16-8-11-19-15(21-16)12-20-17(23)18(9-10-18)13-6-4-5-7-14(13)24-3/h4-8,11H,9-10,12H2,1-3H3,(H,20,23). The number of benzene rings is 1. The van der Waals surface area contributed by atoms with Crippen molar-refractivity contribution in [3.05, 3.63) is 47.9 Å². The van der Waals surface area contributed by atoms with Gasteiger partial charge in [0.15, 0.2) is 0 Å². The number of amides is 1. The molecule has 0 aliphatic heterocycles. The minimum Gasteiger partial charge on any atom is -0.496 e. The lowest BCUT2D eigenvalue weighted by Gasteiger charge is -2.18. The number of rotatable bonds is 6. The Morgan fingerprint density at radius 1 is 1.29 bits per heavy atom. The Morgan fingerprint density at radius 3 is 2.71 bits per heavy atom. The SMILES string of the molecule is COc1ccccc1C1(C(=O)NCc2nccc(N(C)C)n2)CC1. The molecule has 0 saturated heterocycles. The lowest BCUT2D eigenvalue weighted by atomic mass is 9.94. The van der Waals surface area contributed by atoms with E-state index in [1.807, 2.05) is 49.3 Å². The minimum atomic E-state index is -0.480. The topological polar surface area (TPSA) is 67.3 Å². The largest absolute Gasteiger partial charge is 0.496 e. The number of hydrogen-bond acceptors (Lipinski definition) is 5. The van der Waals surface area contributed by atoms with Gasteiger partial charge in [0.2, 0.25) is 5.91 Å². The van der Waals surface area contributed by atoms with E-state index in [1.165, 1.54) is 0 Å². The van der Waals surface area contributed by atoms with Crippen molar-refractivity contribution < 1.29 is 9.53 Å². The van der Waals surface area contributed by atoms with E-state index in [1.54, 1.807) is 13.3 Å². The molecule has 3 rings (SSSR count). The Balaban J connectivity index is 1.72. The zero-order valence-corrected chi connectivity index (χ0v) is 14.2. The molecule has 1 aromatic heterocycles. The number of para-hydroxylation sites is 1. The molecule has 1 aromatic carbocycles. The molecule has 126 valence electrons. The van der Waals surface area contributed by atoms with E-state index < -0.39 is 5.41 Å². The van der Waals surface area contributed by atoms with E-state index in [9.17, 15) is 4.79 Å². The summed E-state index contributed by atoms with van der Waals surface area (Å²) in [5.41, 5.74) is 0.471. The van der Waals surface area contributed by atoms with Gasteiger partial charge < -0.3 is 15.0 Å². The van der Waals surface area contributed by atoms with Crippen LogP contribution in [0.5, 0.6) is 5.75 Å². The second-order valence-electron chi connectivity index (χ2n) is 6.19. The van der Waals surface area contributed by atoms with Crippen molar-refractivity contribution in [2.45, 2.75) is 24.8 Å². The van der Waals surface area contributed by atoms with E-state index in [0.717, 1.165) is 30.0 Å². The number of anilines is 1. The van der Waals surface area contributed by atoms with Gasteiger partial charge in [-0.3, -0.25) is 4.79 Å². The Hall–Kier alpha value is -2.63. The van der Waals surface area contributed by atoms with Crippen LogP contribution < -0.4 is 15.0 Å². The van der Waals surface area contributed by atoms with Crippen molar-refractivity contribution in [2.24, 2.45) is 0 Å². The van der Waals surface area contributed by atoms with Gasteiger partial charge in [-0.15, -0.1) is 0 Å². The molecule has 2 aromatic rings. The zero-order valence-electron chi connectivity index (χ0n) is 14.2. The molecular formula is C18H22N4O2. The molecule has 0 unspecified atom stereocenters. The second kappa shape index (κ2) is 6.47. The van der Waals surface area contributed by atoms with Gasteiger partial charge in [-0.05, 0) is 25.0 Å². The zero-order chi connectivity index (χ0) is 17.2. The molecule has 1 N–H and O–H groups in total. The average Bonchev–Trinajstić information content (AvgIpc) is 3.41. The van der Waals surface area contributed by atoms with Crippen LogP contribution in [-0.4, -0.2) is 37.1 Å². The van der Waals surface area contributed by atoms with E-state index in [4.69, 9.17) is 4.74 Å². The Kier molecular flexibility index (Phi) is 4.38. The van der Waals surface area contributed by atoms with E-state index >= 15 is 0 Å². The van der Waals surface area contributed by atoms with Crippen LogP contribution in [0.1, 0.15) is 24.2 Å². The van der Waals surface area contributed by atoms with Gasteiger partial charge in [0, 0.05) is 25.9 Å². The van der Waals surface area contributed by atoms with Crippen LogP contribution in [0.4, 0.5) is 5.82 Å². The molecular weight excluding hydrogens is 304 g/mol. The molecule has 0 spiro atoms. The molecule has 1 aliphatic rings. The Morgan fingerprint density at radius 2 is 2.04 bits per heavy atom. The summed E-state index contributed by atoms with van der Waals surface area (Å²) in [6.07, 6.45) is 3.37. The van der Waals surface area contributed by atoms with Crippen molar-refractivity contribution in [1.29, 1.82) is 0 Å². The van der Waals surface area contributed by atoms with E-state index in [2.05, 4.69) is 15.3 Å². The van der Waals surface area contributed by atoms with Crippen molar-refractivity contribution in [3.8, 4) is 5.75 Å². The summed E-state index contributed by atoms with van der Waals surface area (Å²) in [5.74, 6) is 2.19. The number of hydrogen-bond donors (Lipinski definition) is 1. The lowest BCUT2D eigenvalue weighted by molar-refractivity contribution is -0.123. The first-order valence-electron chi connectivity index (χ1n) is 7.98. The van der Waals surface area contributed by atoms with E-state index in [-0.39, 0.29) is 5.91 Å². The minimum absolute atomic E-state index is 0.00542. The molecule has 1 heterocycles. The summed E-state index contributed by atoms with van der Waals surface area (Å²) in [4.78, 5) is 23.3. The van der Waals surface area contributed by atoms with Crippen LogP contribution in [0.25, 0.3) is 0 Å². The summed E-state index contributed by atoms with van der Waals surface area (Å²) >= 11 is 0. The summed E-state index contributed by atoms with van der Waals surface area (Å²) in [7, 11) is 5.48. The fourth-order valence-corrected chi connectivity index (χ4v) is 2.83. The number of carbonyl (C=O) groups is 1. The highest BCUT2D eigenvalue weighted by atomic mass is 16.5. The third kappa shape index (κ3) is 3.04. The van der Waals surface area contributed by atoms with Crippen molar-refractivity contribution in [3.63, 3.8) is 0 Å². The fraction of sp³-hybridized carbons (Fsp3) is 0.389. The molecule has 6 nitrogen and oxygen atoms in total. The Labute approximate surface area is 141 Å². The Bertz CT molecular complexity index is 741. The number of nitrogens with one attached hydrogen (secondary N) is 1. The highest BCUT2D eigenvalue weighted by Gasteiger charge is 2.52. The molecule has 1 fully saturated rings. The van der Waals surface area contributed by atoms with Gasteiger partial charge in [-0.1, -0.05) is 18.2 Å². The first kappa shape index (κ1) is 16.2. The van der Waals surface area contributed by atoms with Crippen LogP contribution in [0.2, 0.25) is 0 Å². The van der Waals surface area contributed by atoms with Crippen molar-refractivity contribution in [1.82, 2.24) is 15.3 Å². The maximum absolute atomic E-state index is 12.8. The number of carbonyl (C=O) groups excluding carboxylic acids is 1. The molecule has 1 saturated carbocycles. The third-order valence-electron chi connectivity index (χ3n) is 4.36. The van der Waals surface area contributed by atoms with Crippen molar-refractivity contribution in [2.75, 3.05) is 26.1 Å². The number of ether oxygens (including phenoxy) is 1. The normalized spacial score (nSPS) is 14.8. The third-order valence-corrected chi connectivity index (χ3v) is 4.36. The first-order chi connectivity index (χ1) is 11.6. The lowest BCUT2D eigenvalue weighted by Crippen LogP contribution is -2.35. The van der Waals surface area contributed by atoms with Crippen LogP contribution in [0.3, 0.4) is 0 Å². The molecule has 6 heteroatoms. The first-order valence-corrected chi connectivity index (χ1v) is 7.98. The molecule has 0 radical (unpaired) electrons. The maximum Gasteiger partial charge on any atom is 0.231 e. The van der Waals surface area contributed by atoms with E-state index in [0.29, 0.717) is 12.4 Å². The highest BCUT2D eigenvalue weighted by molar-refractivity contribution is 5.92. The predicted octanol–water partition coefficient (Wildman–Crippen LogP) is 1.90. The van der Waals surface area contributed by atoms with Crippen LogP contribution >= 0.6 is 0 Å². The van der Waals surface area contributed by atoms with Crippen molar-refractivity contribution >= 4 is 11.7 Å². The molecule has 0 atom stereocenters. The molecule has 0 bridgehead atoms. The summed E-state index contributed by atoms with van der Waals surface area (Å²) in [6.45, 7) is 0.317. The van der Waals surface area contributed by atoms with Gasteiger partial charge in [-0.2, -0.15) is 0 Å². The predicted molar refractivity (Wildman–Crippen MR) is 92.1 cm³/mol. The second-order valence-corrected chi connectivity index (χ2v) is 6.19. The summed E-state index contributed by atoms with van der Waals surface area (Å²) in [5, 5.41) is 2.98. The molecule has 24 heavy (non-hydrogen) atoms. The van der Waals surface area contributed by atoms with Crippen LogP contribution in [0.15, 0.2) is 36.5 Å². The highest BCUT2D eigenvalue weighted by Crippen LogP contribution is 2.51. The molecule has 1 amide bonds. The summed E-state index contributed by atoms with van der Waals surface area (Å²) < 4.78 is 5.42. The van der Waals surface area contributed by atoms with Crippen LogP contribution in [-0.2, 0) is 16.8 Å². The van der Waals surface area contributed by atoms with Gasteiger partial charge >= 0.3 is 0 Å². The maximum atomic E-state index is 12.8. The average molecular weight is 326 g/mol. The van der Waals surface area contributed by atoms with Gasteiger partial charge in [0.25, 0.3) is 0 Å². The summed E-state index contributed by atoms with van der Waals surface area (Å²) in [6, 6.07) is 9.55. The quantitative estimate of drug-likeness (QED) is 0.878. The monoisotopic (exact) mass is 326 g/mol. The molecule has 1 aliphatic carbocycles. The van der Waals surface area contributed by atoms with Crippen LogP contribution in [0, 0.1) is 0 Å².